The van der Waals surface area contributed by atoms with Crippen LogP contribution in [0.1, 0.15) is 39.2 Å². The number of rotatable bonds is 6. The molecule has 0 aliphatic rings. The van der Waals surface area contributed by atoms with E-state index in [9.17, 15) is 31.2 Å². The van der Waals surface area contributed by atoms with Gasteiger partial charge in [0.1, 0.15) is 0 Å². The molecule has 3 aromatic rings. The molecule has 1 atom stereocenters. The average Bonchev–Trinajstić information content (AvgIpc) is 2.85. The lowest BCUT2D eigenvalue weighted by atomic mass is 10.0. The minimum absolute atomic E-state index is 0.0333. The number of nitrogens with one attached hydrogen (secondary N) is 1. The SMILES string of the molecule is CC(C(=O)ON(C(=O)C(F)(F)F)c1ccc(-c2ccccc2S(=O)(=O)NC(C)(C)C)cc1)c1ccccc1. The number of anilines is 1. The highest BCUT2D eigenvalue weighted by molar-refractivity contribution is 7.89. The van der Waals surface area contributed by atoms with Crippen molar-refractivity contribution in [3.05, 3.63) is 84.4 Å². The topological polar surface area (TPSA) is 92.8 Å². The van der Waals surface area contributed by atoms with Gasteiger partial charge in [-0.3, -0.25) is 4.79 Å². The van der Waals surface area contributed by atoms with Crippen LogP contribution in [0.3, 0.4) is 0 Å². The van der Waals surface area contributed by atoms with E-state index in [2.05, 4.69) is 4.72 Å². The summed E-state index contributed by atoms with van der Waals surface area (Å²) in [4.78, 5) is 29.7. The van der Waals surface area contributed by atoms with Gasteiger partial charge in [0.25, 0.3) is 0 Å². The van der Waals surface area contributed by atoms with Gasteiger partial charge in [0.2, 0.25) is 10.0 Å². The van der Waals surface area contributed by atoms with Gasteiger partial charge in [0.15, 0.2) is 0 Å². The molecule has 0 fully saturated rings. The molecule has 0 saturated heterocycles. The minimum Gasteiger partial charge on any atom is -0.332 e. The zero-order valence-electron chi connectivity index (χ0n) is 21.1. The van der Waals surface area contributed by atoms with Crippen molar-refractivity contribution in [2.45, 2.75) is 50.2 Å². The molecule has 0 radical (unpaired) electrons. The van der Waals surface area contributed by atoms with Crippen molar-refractivity contribution in [2.24, 2.45) is 0 Å². The number of sulfonamides is 1. The number of hydrogen-bond acceptors (Lipinski definition) is 5. The van der Waals surface area contributed by atoms with Gasteiger partial charge in [0.05, 0.1) is 16.5 Å². The molecular formula is C27H27F3N2O5S. The van der Waals surface area contributed by atoms with E-state index in [4.69, 9.17) is 4.84 Å². The van der Waals surface area contributed by atoms with Gasteiger partial charge in [-0.2, -0.15) is 13.2 Å². The lowest BCUT2D eigenvalue weighted by molar-refractivity contribution is -0.181. The summed E-state index contributed by atoms with van der Waals surface area (Å²) < 4.78 is 68.6. The smallest absolute Gasteiger partial charge is 0.332 e. The van der Waals surface area contributed by atoms with E-state index in [0.717, 1.165) is 12.1 Å². The fourth-order valence-electron chi connectivity index (χ4n) is 3.55. The number of carbonyl (C=O) groups is 2. The maximum atomic E-state index is 13.4. The Morgan fingerprint density at radius 1 is 0.868 bits per heavy atom. The van der Waals surface area contributed by atoms with Crippen molar-refractivity contribution in [1.29, 1.82) is 0 Å². The monoisotopic (exact) mass is 548 g/mol. The first kappa shape index (κ1) is 28.9. The second-order valence-corrected chi connectivity index (χ2v) is 11.2. The Balaban J connectivity index is 1.97. The number of alkyl halides is 3. The standard InChI is InChI=1S/C27H27F3N2O5S/c1-18(19-10-6-5-7-11-19)24(33)37-32(25(34)27(28,29)30)21-16-14-20(15-17-21)22-12-8-9-13-23(22)38(35,36)31-26(2,3)4/h5-18,31H,1-4H3. The molecule has 1 unspecified atom stereocenters. The predicted molar refractivity (Wildman–Crippen MR) is 136 cm³/mol. The molecule has 0 spiro atoms. The highest BCUT2D eigenvalue weighted by atomic mass is 32.2. The van der Waals surface area contributed by atoms with Crippen LogP contribution in [0, 0.1) is 0 Å². The summed E-state index contributed by atoms with van der Waals surface area (Å²) in [5, 5.41) is -0.102. The van der Waals surface area contributed by atoms with Gasteiger partial charge in [-0.25, -0.2) is 17.9 Å². The molecule has 1 amide bonds. The minimum atomic E-state index is -5.33. The van der Waals surface area contributed by atoms with Crippen LogP contribution in [0.5, 0.6) is 0 Å². The Kier molecular flexibility index (Phi) is 8.33. The summed E-state index contributed by atoms with van der Waals surface area (Å²) in [7, 11) is -3.94. The average molecular weight is 549 g/mol. The summed E-state index contributed by atoms with van der Waals surface area (Å²) in [6.07, 6.45) is -5.33. The molecule has 0 bridgehead atoms. The Labute approximate surface area is 219 Å². The van der Waals surface area contributed by atoms with Crippen molar-refractivity contribution in [2.75, 3.05) is 5.06 Å². The number of hydrogen-bond donors (Lipinski definition) is 1. The molecule has 0 aliphatic carbocycles. The summed E-state index contributed by atoms with van der Waals surface area (Å²) in [6.45, 7) is 6.51. The molecule has 3 aromatic carbocycles. The molecule has 0 aromatic heterocycles. The Hall–Kier alpha value is -3.70. The summed E-state index contributed by atoms with van der Waals surface area (Å²) in [6, 6.07) is 19.3. The Bertz CT molecular complexity index is 1400. The number of halogens is 3. The van der Waals surface area contributed by atoms with Crippen LogP contribution in [0.2, 0.25) is 0 Å². The van der Waals surface area contributed by atoms with Gasteiger partial charge in [0, 0.05) is 11.1 Å². The third kappa shape index (κ3) is 6.99. The number of hydroxylamine groups is 1. The fraction of sp³-hybridized carbons (Fsp3) is 0.259. The maximum absolute atomic E-state index is 13.4. The normalized spacial score (nSPS) is 13.0. The maximum Gasteiger partial charge on any atom is 0.474 e. The van der Waals surface area contributed by atoms with Crippen LogP contribution in [0.15, 0.2) is 83.8 Å². The van der Waals surface area contributed by atoms with Gasteiger partial charge < -0.3 is 4.84 Å². The van der Waals surface area contributed by atoms with E-state index >= 15 is 0 Å². The molecule has 7 nitrogen and oxygen atoms in total. The van der Waals surface area contributed by atoms with Crippen LogP contribution in [0.4, 0.5) is 18.9 Å². The fourth-order valence-corrected chi connectivity index (χ4v) is 5.20. The lowest BCUT2D eigenvalue weighted by Crippen LogP contribution is -2.43. The van der Waals surface area contributed by atoms with E-state index in [1.807, 2.05) is 0 Å². The summed E-state index contributed by atoms with van der Waals surface area (Å²) >= 11 is 0. The van der Waals surface area contributed by atoms with Gasteiger partial charge in [-0.1, -0.05) is 60.7 Å². The molecule has 11 heteroatoms. The van der Waals surface area contributed by atoms with Gasteiger partial charge >= 0.3 is 18.1 Å². The number of amides is 1. The van der Waals surface area contributed by atoms with Gasteiger partial charge in [-0.05, 0) is 57.0 Å². The molecule has 0 saturated carbocycles. The van der Waals surface area contributed by atoms with Crippen molar-refractivity contribution in [3.8, 4) is 11.1 Å². The Morgan fingerprint density at radius 2 is 1.42 bits per heavy atom. The van der Waals surface area contributed by atoms with E-state index in [1.165, 1.54) is 25.1 Å². The zero-order chi connectivity index (χ0) is 28.3. The third-order valence-corrected chi connectivity index (χ3v) is 7.11. The van der Waals surface area contributed by atoms with Crippen LogP contribution in [0.25, 0.3) is 11.1 Å². The molecule has 1 N–H and O–H groups in total. The Morgan fingerprint density at radius 3 is 1.97 bits per heavy atom. The number of benzene rings is 3. The molecule has 38 heavy (non-hydrogen) atoms. The predicted octanol–water partition coefficient (Wildman–Crippen LogP) is 5.59. The quantitative estimate of drug-likeness (QED) is 0.406. The van der Waals surface area contributed by atoms with Crippen LogP contribution >= 0.6 is 0 Å². The first-order valence-electron chi connectivity index (χ1n) is 11.5. The van der Waals surface area contributed by atoms with Crippen molar-refractivity contribution in [3.63, 3.8) is 0 Å². The first-order chi connectivity index (χ1) is 17.6. The second kappa shape index (κ2) is 11.0. The van der Waals surface area contributed by atoms with Crippen LogP contribution < -0.4 is 9.79 Å². The molecular weight excluding hydrogens is 521 g/mol. The van der Waals surface area contributed by atoms with Gasteiger partial charge in [-0.15, -0.1) is 5.06 Å². The molecule has 0 aliphatic heterocycles. The molecule has 202 valence electrons. The van der Waals surface area contributed by atoms with E-state index in [-0.39, 0.29) is 15.6 Å². The van der Waals surface area contributed by atoms with E-state index in [0.29, 0.717) is 16.7 Å². The van der Waals surface area contributed by atoms with Crippen molar-refractivity contribution in [1.82, 2.24) is 4.72 Å². The third-order valence-electron chi connectivity index (χ3n) is 5.29. The second-order valence-electron chi connectivity index (χ2n) is 9.54. The number of nitrogens with zero attached hydrogens (tertiary/aromatic N) is 1. The van der Waals surface area contributed by atoms with Crippen LogP contribution in [-0.4, -0.2) is 32.0 Å². The molecule has 3 rings (SSSR count). The highest BCUT2D eigenvalue weighted by Crippen LogP contribution is 2.31. The lowest BCUT2D eigenvalue weighted by Gasteiger charge is -2.24. The van der Waals surface area contributed by atoms with E-state index < -0.39 is 39.5 Å². The highest BCUT2D eigenvalue weighted by Gasteiger charge is 2.45. The van der Waals surface area contributed by atoms with Crippen molar-refractivity contribution >= 4 is 27.6 Å². The molecule has 0 heterocycles. The van der Waals surface area contributed by atoms with E-state index in [1.54, 1.807) is 69.3 Å². The van der Waals surface area contributed by atoms with Crippen molar-refractivity contribution < 1.29 is 36.0 Å². The first-order valence-corrected chi connectivity index (χ1v) is 13.0. The number of carbonyl (C=O) groups excluding carboxylic acids is 2. The zero-order valence-corrected chi connectivity index (χ0v) is 21.9. The van der Waals surface area contributed by atoms with Crippen LogP contribution in [-0.2, 0) is 24.4 Å². The summed E-state index contributed by atoms with van der Waals surface area (Å²) in [5.74, 6) is -4.41. The summed E-state index contributed by atoms with van der Waals surface area (Å²) in [5.41, 5.74) is 0.0210. The largest absolute Gasteiger partial charge is 0.474 e.